The van der Waals surface area contributed by atoms with Crippen molar-refractivity contribution in [3.05, 3.63) is 11.6 Å². The van der Waals surface area contributed by atoms with Gasteiger partial charge < -0.3 is 15.5 Å². The lowest BCUT2D eigenvalue weighted by atomic mass is 9.74. The Morgan fingerprint density at radius 2 is 2.18 bits per heavy atom. The Hall–Kier alpha value is -1.14. The van der Waals surface area contributed by atoms with Gasteiger partial charge in [-0.1, -0.05) is 12.8 Å². The second-order valence-electron chi connectivity index (χ2n) is 6.78. The first-order valence-electron chi connectivity index (χ1n) is 8.30. The van der Waals surface area contributed by atoms with Gasteiger partial charge in [-0.05, 0) is 26.2 Å². The highest BCUT2D eigenvalue weighted by Crippen LogP contribution is 2.33. The van der Waals surface area contributed by atoms with E-state index in [2.05, 4.69) is 16.8 Å². The van der Waals surface area contributed by atoms with Crippen LogP contribution in [0.4, 0.5) is 5.13 Å². The summed E-state index contributed by atoms with van der Waals surface area (Å²) in [6.45, 7) is 5.52. The first-order valence-corrected chi connectivity index (χ1v) is 9.18. The van der Waals surface area contributed by atoms with Crippen LogP contribution in [0.25, 0.3) is 0 Å². The Balaban J connectivity index is 1.64. The molecule has 1 aliphatic carbocycles. The van der Waals surface area contributed by atoms with Gasteiger partial charge in [-0.25, -0.2) is 4.98 Å². The van der Waals surface area contributed by atoms with E-state index >= 15 is 0 Å². The maximum atomic E-state index is 12.9. The highest BCUT2D eigenvalue weighted by atomic mass is 32.1. The number of nitrogens with two attached hydrogens (primary N) is 1. The van der Waals surface area contributed by atoms with Crippen molar-refractivity contribution in [3.63, 3.8) is 0 Å². The Kier molecular flexibility index (Phi) is 4.68. The zero-order chi connectivity index (χ0) is 15.6. The maximum Gasteiger partial charge on any atom is 0.227 e. The minimum absolute atomic E-state index is 0.00679. The molecule has 1 saturated heterocycles. The lowest BCUT2D eigenvalue weighted by Crippen LogP contribution is -2.54. The SMILES string of the molecule is CC1(N)CCCCC1C(=O)N1CCCN(c2nccs2)CC1. The van der Waals surface area contributed by atoms with Gasteiger partial charge in [-0.2, -0.15) is 0 Å². The Morgan fingerprint density at radius 3 is 2.91 bits per heavy atom. The zero-order valence-corrected chi connectivity index (χ0v) is 14.1. The van der Waals surface area contributed by atoms with Crippen molar-refractivity contribution in [2.45, 2.75) is 44.6 Å². The molecule has 2 aliphatic rings. The number of anilines is 1. The number of aromatic nitrogens is 1. The molecule has 2 N–H and O–H groups in total. The van der Waals surface area contributed by atoms with Crippen LogP contribution in [0.15, 0.2) is 11.6 Å². The van der Waals surface area contributed by atoms with Crippen LogP contribution in [-0.4, -0.2) is 47.5 Å². The first kappa shape index (κ1) is 15.7. The first-order chi connectivity index (χ1) is 10.6. The van der Waals surface area contributed by atoms with E-state index < -0.39 is 0 Å². The monoisotopic (exact) mass is 322 g/mol. The molecule has 2 fully saturated rings. The number of rotatable bonds is 2. The van der Waals surface area contributed by atoms with Crippen molar-refractivity contribution in [3.8, 4) is 0 Å². The number of amides is 1. The summed E-state index contributed by atoms with van der Waals surface area (Å²) in [6.07, 6.45) is 7.02. The van der Waals surface area contributed by atoms with Crippen molar-refractivity contribution in [1.29, 1.82) is 0 Å². The molecule has 0 spiro atoms. The van der Waals surface area contributed by atoms with Gasteiger partial charge in [0.25, 0.3) is 0 Å². The van der Waals surface area contributed by atoms with E-state index in [0.29, 0.717) is 0 Å². The van der Waals surface area contributed by atoms with E-state index in [1.807, 2.05) is 16.5 Å². The molecule has 2 unspecified atom stereocenters. The minimum Gasteiger partial charge on any atom is -0.346 e. The quantitative estimate of drug-likeness (QED) is 0.905. The number of carbonyl (C=O) groups is 1. The lowest BCUT2D eigenvalue weighted by Gasteiger charge is -2.39. The smallest absolute Gasteiger partial charge is 0.227 e. The molecular weight excluding hydrogens is 296 g/mol. The predicted octanol–water partition coefficient (Wildman–Crippen LogP) is 2.09. The van der Waals surface area contributed by atoms with E-state index in [4.69, 9.17) is 5.73 Å². The summed E-state index contributed by atoms with van der Waals surface area (Å²) in [5.74, 6) is 0.262. The third-order valence-corrected chi connectivity index (χ3v) is 5.88. The normalized spacial score (nSPS) is 30.2. The number of thiazole rings is 1. The molecule has 5 nitrogen and oxygen atoms in total. The molecule has 22 heavy (non-hydrogen) atoms. The van der Waals surface area contributed by atoms with E-state index in [1.165, 1.54) is 0 Å². The second-order valence-corrected chi connectivity index (χ2v) is 7.66. The highest BCUT2D eigenvalue weighted by Gasteiger charge is 2.40. The van der Waals surface area contributed by atoms with Gasteiger partial charge in [0.05, 0.1) is 5.92 Å². The lowest BCUT2D eigenvalue weighted by molar-refractivity contribution is -0.138. The molecule has 1 aromatic heterocycles. The molecule has 122 valence electrons. The highest BCUT2D eigenvalue weighted by molar-refractivity contribution is 7.13. The number of hydrogen-bond donors (Lipinski definition) is 1. The number of hydrogen-bond acceptors (Lipinski definition) is 5. The third kappa shape index (κ3) is 3.27. The third-order valence-electron chi connectivity index (χ3n) is 5.05. The van der Waals surface area contributed by atoms with Crippen LogP contribution in [-0.2, 0) is 4.79 Å². The van der Waals surface area contributed by atoms with E-state index in [1.54, 1.807) is 11.3 Å². The van der Waals surface area contributed by atoms with Crippen LogP contribution in [0.1, 0.15) is 39.0 Å². The fourth-order valence-electron chi connectivity index (χ4n) is 3.69. The van der Waals surface area contributed by atoms with Gasteiger partial charge in [-0.15, -0.1) is 11.3 Å². The van der Waals surface area contributed by atoms with Gasteiger partial charge in [0.15, 0.2) is 5.13 Å². The van der Waals surface area contributed by atoms with Crippen LogP contribution in [0.2, 0.25) is 0 Å². The van der Waals surface area contributed by atoms with Crippen molar-refractivity contribution < 1.29 is 4.79 Å². The molecule has 1 amide bonds. The molecule has 0 radical (unpaired) electrons. The summed E-state index contributed by atoms with van der Waals surface area (Å²) < 4.78 is 0. The molecule has 1 aromatic rings. The summed E-state index contributed by atoms with van der Waals surface area (Å²) in [6, 6.07) is 0. The van der Waals surface area contributed by atoms with Crippen molar-refractivity contribution in [2.24, 2.45) is 11.7 Å². The van der Waals surface area contributed by atoms with Crippen molar-refractivity contribution in [1.82, 2.24) is 9.88 Å². The van der Waals surface area contributed by atoms with Crippen LogP contribution in [0.5, 0.6) is 0 Å². The molecule has 1 aliphatic heterocycles. The second kappa shape index (κ2) is 6.54. The zero-order valence-electron chi connectivity index (χ0n) is 13.3. The Bertz CT molecular complexity index is 502. The van der Waals surface area contributed by atoms with Gasteiger partial charge in [0.2, 0.25) is 5.91 Å². The molecule has 0 bridgehead atoms. The van der Waals surface area contributed by atoms with Gasteiger partial charge in [0.1, 0.15) is 0 Å². The summed E-state index contributed by atoms with van der Waals surface area (Å²) in [5, 5.41) is 3.07. The van der Waals surface area contributed by atoms with Crippen LogP contribution in [0.3, 0.4) is 0 Å². The minimum atomic E-state index is -0.337. The standard InChI is InChI=1S/C16H26N4OS/c1-16(17)6-3-2-5-13(16)14(21)19-8-4-9-20(11-10-19)15-18-7-12-22-15/h7,12-13H,2-6,8-11,17H2,1H3. The van der Waals surface area contributed by atoms with Crippen LogP contribution in [0, 0.1) is 5.92 Å². The van der Waals surface area contributed by atoms with E-state index in [0.717, 1.165) is 63.4 Å². The molecule has 0 aromatic carbocycles. The van der Waals surface area contributed by atoms with Crippen molar-refractivity contribution >= 4 is 22.4 Å². The number of carbonyl (C=O) groups excluding carboxylic acids is 1. The molecule has 1 saturated carbocycles. The summed E-state index contributed by atoms with van der Waals surface area (Å²) in [4.78, 5) is 21.6. The summed E-state index contributed by atoms with van der Waals surface area (Å²) >= 11 is 1.67. The molecule has 2 atom stereocenters. The van der Waals surface area contributed by atoms with Gasteiger partial charge in [0, 0.05) is 43.3 Å². The molecule has 2 heterocycles. The fraction of sp³-hybridized carbons (Fsp3) is 0.750. The van der Waals surface area contributed by atoms with Crippen LogP contribution >= 0.6 is 11.3 Å². The van der Waals surface area contributed by atoms with E-state index in [9.17, 15) is 4.79 Å². The largest absolute Gasteiger partial charge is 0.346 e. The van der Waals surface area contributed by atoms with Crippen molar-refractivity contribution in [2.75, 3.05) is 31.1 Å². The van der Waals surface area contributed by atoms with Gasteiger partial charge >= 0.3 is 0 Å². The predicted molar refractivity (Wildman–Crippen MR) is 90.1 cm³/mol. The topological polar surface area (TPSA) is 62.5 Å². The molecule has 3 rings (SSSR count). The summed E-state index contributed by atoms with van der Waals surface area (Å²) in [7, 11) is 0. The summed E-state index contributed by atoms with van der Waals surface area (Å²) in [5.41, 5.74) is 6.07. The number of nitrogens with zero attached hydrogens (tertiary/aromatic N) is 3. The Labute approximate surface area is 136 Å². The molecule has 6 heteroatoms. The average molecular weight is 322 g/mol. The Morgan fingerprint density at radius 1 is 1.32 bits per heavy atom. The molecular formula is C16H26N4OS. The average Bonchev–Trinajstić information content (AvgIpc) is 2.91. The van der Waals surface area contributed by atoms with Gasteiger partial charge in [-0.3, -0.25) is 4.79 Å². The van der Waals surface area contributed by atoms with Crippen LogP contribution < -0.4 is 10.6 Å². The maximum absolute atomic E-state index is 12.9. The fourth-order valence-corrected chi connectivity index (χ4v) is 4.38. The van der Waals surface area contributed by atoms with E-state index in [-0.39, 0.29) is 17.4 Å².